The second-order valence-corrected chi connectivity index (χ2v) is 7.65. The first-order valence-corrected chi connectivity index (χ1v) is 9.88. The van der Waals surface area contributed by atoms with Gasteiger partial charge in [0.1, 0.15) is 12.4 Å². The largest absolute Gasteiger partial charge is 0.487 e. The van der Waals surface area contributed by atoms with E-state index in [1.807, 2.05) is 18.2 Å². The number of halogens is 5. The molecule has 0 radical (unpaired) electrons. The molecule has 0 bridgehead atoms. The van der Waals surface area contributed by atoms with Crippen LogP contribution in [0.1, 0.15) is 22.3 Å². The van der Waals surface area contributed by atoms with Crippen molar-refractivity contribution in [1.29, 1.82) is 0 Å². The monoisotopic (exact) mass is 463 g/mol. The molecule has 0 fully saturated rings. The van der Waals surface area contributed by atoms with Gasteiger partial charge in [0.05, 0.1) is 10.6 Å². The van der Waals surface area contributed by atoms with E-state index in [2.05, 4.69) is 5.32 Å². The zero-order valence-corrected chi connectivity index (χ0v) is 17.3. The normalized spacial score (nSPS) is 14.5. The summed E-state index contributed by atoms with van der Waals surface area (Å²) in [7, 11) is 0. The number of hydrogen-bond donors (Lipinski definition) is 1. The lowest BCUT2D eigenvalue weighted by Crippen LogP contribution is -2.06. The average Bonchev–Trinajstić information content (AvgIpc) is 3.02. The second-order valence-electron chi connectivity index (χ2n) is 6.84. The molecular weight excluding hydrogens is 450 g/mol. The van der Waals surface area contributed by atoms with Gasteiger partial charge in [-0.25, -0.2) is 0 Å². The Morgan fingerprint density at radius 1 is 0.968 bits per heavy atom. The summed E-state index contributed by atoms with van der Waals surface area (Å²) in [4.78, 5) is 12.3. The Balaban J connectivity index is 1.57. The Labute approximate surface area is 186 Å². The van der Waals surface area contributed by atoms with Crippen LogP contribution in [0.2, 0.25) is 10.0 Å². The van der Waals surface area contributed by atoms with E-state index in [1.165, 1.54) is 6.07 Å². The predicted molar refractivity (Wildman–Crippen MR) is 115 cm³/mol. The lowest BCUT2D eigenvalue weighted by molar-refractivity contribution is -0.137. The lowest BCUT2D eigenvalue weighted by Gasteiger charge is -2.10. The van der Waals surface area contributed by atoms with Crippen molar-refractivity contribution in [2.45, 2.75) is 12.8 Å². The van der Waals surface area contributed by atoms with Crippen molar-refractivity contribution >= 4 is 46.4 Å². The molecule has 1 heterocycles. The highest BCUT2D eigenvalue weighted by atomic mass is 35.5. The number of nitrogens with one attached hydrogen (secondary N) is 1. The fourth-order valence-corrected chi connectivity index (χ4v) is 3.61. The summed E-state index contributed by atoms with van der Waals surface area (Å²) in [6.45, 7) is 0.233. The van der Waals surface area contributed by atoms with E-state index in [0.29, 0.717) is 26.9 Å². The van der Waals surface area contributed by atoms with Crippen molar-refractivity contribution in [1.82, 2.24) is 0 Å². The molecule has 0 unspecified atom stereocenters. The molecular formula is C23H14Cl2F3NO2. The molecule has 158 valence electrons. The fraction of sp³-hybridized carbons (Fsp3) is 0.0870. The van der Waals surface area contributed by atoms with Crippen molar-refractivity contribution < 1.29 is 22.7 Å². The summed E-state index contributed by atoms with van der Waals surface area (Å²) in [5.74, 6) is -0.0423. The van der Waals surface area contributed by atoms with Crippen LogP contribution in [0.3, 0.4) is 0 Å². The highest BCUT2D eigenvalue weighted by Crippen LogP contribution is 2.39. The van der Waals surface area contributed by atoms with Gasteiger partial charge < -0.3 is 10.1 Å². The highest BCUT2D eigenvalue weighted by molar-refractivity contribution is 6.35. The molecule has 0 saturated heterocycles. The number of carbonyl (C=O) groups excluding carboxylic acids is 1. The number of rotatable bonds is 4. The van der Waals surface area contributed by atoms with Crippen LogP contribution in [0.15, 0.2) is 60.7 Å². The highest BCUT2D eigenvalue weighted by Gasteiger charge is 2.33. The van der Waals surface area contributed by atoms with Crippen LogP contribution in [0, 0.1) is 0 Å². The third-order valence-electron chi connectivity index (χ3n) is 4.74. The Kier molecular flexibility index (Phi) is 5.69. The third-order valence-corrected chi connectivity index (χ3v) is 5.40. The zero-order chi connectivity index (χ0) is 22.2. The first-order chi connectivity index (χ1) is 14.7. The minimum absolute atomic E-state index is 0.122. The summed E-state index contributed by atoms with van der Waals surface area (Å²) in [5, 5.41) is 3.38. The molecule has 3 nitrogen and oxygen atoms in total. The summed E-state index contributed by atoms with van der Waals surface area (Å²) < 4.78 is 44.5. The number of hydrogen-bond acceptors (Lipinski definition) is 2. The van der Waals surface area contributed by atoms with Crippen LogP contribution in [-0.2, 0) is 17.6 Å². The Bertz CT molecular complexity index is 1210. The molecule has 1 aliphatic rings. The van der Waals surface area contributed by atoms with E-state index in [4.69, 9.17) is 27.9 Å². The van der Waals surface area contributed by atoms with E-state index in [9.17, 15) is 18.0 Å². The van der Waals surface area contributed by atoms with E-state index < -0.39 is 17.6 Å². The second kappa shape index (κ2) is 8.29. The molecule has 0 aliphatic carbocycles. The topological polar surface area (TPSA) is 38.3 Å². The van der Waals surface area contributed by atoms with Gasteiger partial charge in [0.15, 0.2) is 0 Å². The molecule has 1 N–H and O–H groups in total. The smallest absolute Gasteiger partial charge is 0.416 e. The first kappa shape index (κ1) is 21.3. The minimum atomic E-state index is -4.49. The van der Waals surface area contributed by atoms with Crippen molar-refractivity contribution in [3.63, 3.8) is 0 Å². The number of anilines is 1. The molecule has 31 heavy (non-hydrogen) atoms. The molecule has 0 saturated carbocycles. The van der Waals surface area contributed by atoms with Crippen LogP contribution in [-0.4, -0.2) is 5.91 Å². The third kappa shape index (κ3) is 4.55. The Hall–Kier alpha value is -2.96. The fourth-order valence-electron chi connectivity index (χ4n) is 3.18. The Morgan fingerprint density at radius 3 is 2.45 bits per heavy atom. The van der Waals surface area contributed by atoms with Gasteiger partial charge in [0, 0.05) is 27.4 Å². The van der Waals surface area contributed by atoms with Gasteiger partial charge in [-0.2, -0.15) is 13.2 Å². The predicted octanol–water partition coefficient (Wildman–Crippen LogP) is 7.08. The van der Waals surface area contributed by atoms with Crippen LogP contribution in [0.25, 0.3) is 11.6 Å². The summed E-state index contributed by atoms with van der Waals surface area (Å²) in [6.07, 6.45) is -2.92. The first-order valence-electron chi connectivity index (χ1n) is 9.13. The van der Waals surface area contributed by atoms with Gasteiger partial charge in [0.2, 0.25) is 0 Å². The number of benzene rings is 3. The number of alkyl halides is 3. The summed E-state index contributed by atoms with van der Waals surface area (Å²) in [5.41, 5.74) is 1.36. The quantitative estimate of drug-likeness (QED) is 0.419. The van der Waals surface area contributed by atoms with Gasteiger partial charge >= 0.3 is 6.18 Å². The molecule has 1 aliphatic heterocycles. The molecule has 0 spiro atoms. The van der Waals surface area contributed by atoms with Crippen LogP contribution < -0.4 is 10.1 Å². The standard InChI is InChI=1S/C23H14Cl2F3NO2/c24-18-4-2-1-3-14(18)12-31-21-8-5-13(10-19(21)25)9-17-16-7-6-15(23(26,27)28)11-20(16)29-22(17)30/h1-11H,12H2,(H,29,30)/b17-9-. The lowest BCUT2D eigenvalue weighted by atomic mass is 10.0. The minimum Gasteiger partial charge on any atom is -0.487 e. The van der Waals surface area contributed by atoms with Crippen LogP contribution >= 0.6 is 23.2 Å². The summed E-state index contributed by atoms with van der Waals surface area (Å²) >= 11 is 12.4. The zero-order valence-electron chi connectivity index (χ0n) is 15.8. The Morgan fingerprint density at radius 2 is 1.74 bits per heavy atom. The molecule has 0 aromatic heterocycles. The van der Waals surface area contributed by atoms with Crippen molar-refractivity contribution in [3.05, 3.63) is 93.0 Å². The number of carbonyl (C=O) groups is 1. The van der Waals surface area contributed by atoms with E-state index in [0.717, 1.165) is 17.7 Å². The maximum atomic E-state index is 12.9. The summed E-state index contributed by atoms with van der Waals surface area (Å²) in [6, 6.07) is 15.4. The number of ether oxygens (including phenoxy) is 1. The SMILES string of the molecule is O=C1Nc2cc(C(F)(F)F)ccc2/C1=C/c1ccc(OCc2ccccc2Cl)c(Cl)c1. The van der Waals surface area contributed by atoms with Gasteiger partial charge in [-0.3, -0.25) is 4.79 Å². The van der Waals surface area contributed by atoms with E-state index in [1.54, 1.807) is 30.3 Å². The maximum Gasteiger partial charge on any atom is 0.416 e. The van der Waals surface area contributed by atoms with Gasteiger partial charge in [-0.05, 0) is 42.0 Å². The molecule has 8 heteroatoms. The molecule has 3 aromatic rings. The van der Waals surface area contributed by atoms with Crippen molar-refractivity contribution in [2.24, 2.45) is 0 Å². The molecule has 0 atom stereocenters. The van der Waals surface area contributed by atoms with E-state index in [-0.39, 0.29) is 17.9 Å². The van der Waals surface area contributed by atoms with Crippen molar-refractivity contribution in [3.8, 4) is 5.75 Å². The molecule has 3 aromatic carbocycles. The molecule has 4 rings (SSSR count). The van der Waals surface area contributed by atoms with Gasteiger partial charge in [-0.15, -0.1) is 0 Å². The van der Waals surface area contributed by atoms with Gasteiger partial charge in [0.25, 0.3) is 5.91 Å². The number of fused-ring (bicyclic) bond motifs is 1. The number of amides is 1. The van der Waals surface area contributed by atoms with Gasteiger partial charge in [-0.1, -0.05) is 53.5 Å². The van der Waals surface area contributed by atoms with Crippen molar-refractivity contribution in [2.75, 3.05) is 5.32 Å². The molecule has 1 amide bonds. The average molecular weight is 464 g/mol. The van der Waals surface area contributed by atoms with Crippen LogP contribution in [0.5, 0.6) is 5.75 Å². The maximum absolute atomic E-state index is 12.9. The van der Waals surface area contributed by atoms with Crippen LogP contribution in [0.4, 0.5) is 18.9 Å². The van der Waals surface area contributed by atoms with E-state index >= 15 is 0 Å².